The minimum absolute atomic E-state index is 0.268. The predicted molar refractivity (Wildman–Crippen MR) is 117 cm³/mol. The molecule has 0 radical (unpaired) electrons. The van der Waals surface area contributed by atoms with Gasteiger partial charge in [-0.1, -0.05) is 19.4 Å². The van der Waals surface area contributed by atoms with E-state index in [0.29, 0.717) is 17.9 Å². The summed E-state index contributed by atoms with van der Waals surface area (Å²) in [6.07, 6.45) is 4.09. The molecule has 1 fully saturated rings. The standard InChI is InChI=1S/C21H33N3O4S/c1-5-22-21(24-16-8-7-9-17(13-16)29(26)6-2)23-14-15-10-11-18(20(25)28-4)19(12-15)27-3/h10-12,16-17H,5-9,13-14H2,1-4H3,(H2,22,23,24). The number of benzene rings is 1. The molecule has 3 unspecified atom stereocenters. The van der Waals surface area contributed by atoms with E-state index in [9.17, 15) is 9.00 Å². The van der Waals surface area contributed by atoms with Crippen LogP contribution in [0.1, 0.15) is 55.5 Å². The molecule has 7 nitrogen and oxygen atoms in total. The average molecular weight is 424 g/mol. The minimum atomic E-state index is -0.749. The lowest BCUT2D eigenvalue weighted by Gasteiger charge is -2.30. The lowest BCUT2D eigenvalue weighted by atomic mass is 9.95. The summed E-state index contributed by atoms with van der Waals surface area (Å²) in [6, 6.07) is 5.63. The number of hydrogen-bond donors (Lipinski definition) is 2. The second-order valence-electron chi connectivity index (χ2n) is 7.02. The molecule has 2 N–H and O–H groups in total. The number of rotatable bonds is 8. The van der Waals surface area contributed by atoms with E-state index in [1.54, 1.807) is 12.1 Å². The first kappa shape index (κ1) is 23.2. The van der Waals surface area contributed by atoms with Crippen molar-refractivity contribution in [1.82, 2.24) is 10.6 Å². The highest BCUT2D eigenvalue weighted by molar-refractivity contribution is 7.85. The Balaban J connectivity index is 2.07. The van der Waals surface area contributed by atoms with Gasteiger partial charge < -0.3 is 20.1 Å². The zero-order valence-electron chi connectivity index (χ0n) is 17.8. The Kier molecular flexibility index (Phi) is 9.44. The van der Waals surface area contributed by atoms with Crippen molar-refractivity contribution in [3.05, 3.63) is 29.3 Å². The summed E-state index contributed by atoms with van der Waals surface area (Å²) in [6.45, 7) is 5.22. The number of guanidine groups is 1. The number of carbonyl (C=O) groups is 1. The van der Waals surface area contributed by atoms with Crippen LogP contribution in [-0.2, 0) is 22.1 Å². The molecule has 0 saturated heterocycles. The average Bonchev–Trinajstić information content (AvgIpc) is 2.76. The molecule has 0 heterocycles. The van der Waals surface area contributed by atoms with E-state index in [4.69, 9.17) is 9.47 Å². The highest BCUT2D eigenvalue weighted by atomic mass is 32.2. The van der Waals surface area contributed by atoms with Gasteiger partial charge in [0.15, 0.2) is 5.96 Å². The molecule has 2 rings (SSSR count). The minimum Gasteiger partial charge on any atom is -0.496 e. The lowest BCUT2D eigenvalue weighted by molar-refractivity contribution is 0.0597. The Morgan fingerprint density at radius 3 is 2.72 bits per heavy atom. The monoisotopic (exact) mass is 423 g/mol. The van der Waals surface area contributed by atoms with Crippen LogP contribution in [0.2, 0.25) is 0 Å². The van der Waals surface area contributed by atoms with Crippen LogP contribution in [-0.4, -0.2) is 53.9 Å². The van der Waals surface area contributed by atoms with Gasteiger partial charge in [0.2, 0.25) is 0 Å². The normalized spacial score (nSPS) is 20.6. The summed E-state index contributed by atoms with van der Waals surface area (Å²) in [5.74, 6) is 1.51. The molecule has 1 aromatic rings. The fourth-order valence-electron chi connectivity index (χ4n) is 3.55. The smallest absolute Gasteiger partial charge is 0.341 e. The molecule has 0 spiro atoms. The fourth-order valence-corrected chi connectivity index (χ4v) is 4.89. The first-order chi connectivity index (χ1) is 14.0. The van der Waals surface area contributed by atoms with Crippen LogP contribution in [0.25, 0.3) is 0 Å². The van der Waals surface area contributed by atoms with Crippen LogP contribution in [0, 0.1) is 0 Å². The topological polar surface area (TPSA) is 89.0 Å². The van der Waals surface area contributed by atoms with E-state index in [0.717, 1.165) is 49.5 Å². The van der Waals surface area contributed by atoms with Gasteiger partial charge in [0, 0.05) is 34.4 Å². The van der Waals surface area contributed by atoms with Gasteiger partial charge in [-0.3, -0.25) is 4.21 Å². The second kappa shape index (κ2) is 11.8. The number of nitrogens with one attached hydrogen (secondary N) is 2. The number of hydrogen-bond acceptors (Lipinski definition) is 5. The van der Waals surface area contributed by atoms with Gasteiger partial charge in [-0.15, -0.1) is 0 Å². The van der Waals surface area contributed by atoms with E-state index < -0.39 is 16.8 Å². The van der Waals surface area contributed by atoms with Crippen molar-refractivity contribution in [3.8, 4) is 5.75 Å². The van der Waals surface area contributed by atoms with Crippen molar-refractivity contribution in [2.75, 3.05) is 26.5 Å². The van der Waals surface area contributed by atoms with Crippen LogP contribution in [0.15, 0.2) is 23.2 Å². The van der Waals surface area contributed by atoms with Crippen molar-refractivity contribution >= 4 is 22.7 Å². The quantitative estimate of drug-likeness (QED) is 0.380. The van der Waals surface area contributed by atoms with Crippen LogP contribution in [0.5, 0.6) is 5.75 Å². The number of ether oxygens (including phenoxy) is 2. The Labute approximate surface area is 176 Å². The molecule has 0 aliphatic heterocycles. The van der Waals surface area contributed by atoms with E-state index in [2.05, 4.69) is 15.6 Å². The van der Waals surface area contributed by atoms with Gasteiger partial charge in [-0.2, -0.15) is 0 Å². The highest BCUT2D eigenvalue weighted by Crippen LogP contribution is 2.23. The van der Waals surface area contributed by atoms with Gasteiger partial charge in [-0.05, 0) is 43.9 Å². The molecule has 1 aliphatic carbocycles. The fraction of sp³-hybridized carbons (Fsp3) is 0.619. The SMILES string of the molecule is CCNC(=NCc1ccc(C(=O)OC)c(OC)c1)NC1CCCC(S(=O)CC)C1. The van der Waals surface area contributed by atoms with Crippen molar-refractivity contribution in [1.29, 1.82) is 0 Å². The Morgan fingerprint density at radius 1 is 1.28 bits per heavy atom. The molecule has 8 heteroatoms. The van der Waals surface area contributed by atoms with Crippen LogP contribution in [0.3, 0.4) is 0 Å². The molecule has 1 saturated carbocycles. The van der Waals surface area contributed by atoms with Crippen molar-refractivity contribution < 1.29 is 18.5 Å². The summed E-state index contributed by atoms with van der Waals surface area (Å²) in [5, 5.41) is 7.05. The van der Waals surface area contributed by atoms with Crippen molar-refractivity contribution in [2.45, 2.75) is 57.4 Å². The zero-order valence-corrected chi connectivity index (χ0v) is 18.6. The van der Waals surface area contributed by atoms with Gasteiger partial charge in [-0.25, -0.2) is 9.79 Å². The molecule has 1 aromatic carbocycles. The third kappa shape index (κ3) is 6.73. The van der Waals surface area contributed by atoms with E-state index >= 15 is 0 Å². The van der Waals surface area contributed by atoms with Crippen LogP contribution in [0.4, 0.5) is 0 Å². The zero-order chi connectivity index (χ0) is 21.2. The molecular formula is C21H33N3O4S. The summed E-state index contributed by atoms with van der Waals surface area (Å²) in [4.78, 5) is 16.5. The molecule has 3 atom stereocenters. The van der Waals surface area contributed by atoms with Gasteiger partial charge in [0.05, 0.1) is 20.8 Å². The summed E-state index contributed by atoms with van der Waals surface area (Å²) >= 11 is 0. The summed E-state index contributed by atoms with van der Waals surface area (Å²) < 4.78 is 22.3. The number of carbonyl (C=O) groups excluding carboxylic acids is 1. The van der Waals surface area contributed by atoms with E-state index in [1.807, 2.05) is 19.9 Å². The lowest BCUT2D eigenvalue weighted by Crippen LogP contribution is -2.46. The third-order valence-corrected chi connectivity index (χ3v) is 6.80. The molecule has 0 aromatic heterocycles. The maximum atomic E-state index is 12.2. The molecule has 1 aliphatic rings. The maximum Gasteiger partial charge on any atom is 0.341 e. The number of nitrogens with zero attached hydrogens (tertiary/aromatic N) is 1. The molecule has 0 bridgehead atoms. The Bertz CT molecular complexity index is 739. The van der Waals surface area contributed by atoms with Gasteiger partial charge in [0.1, 0.15) is 11.3 Å². The second-order valence-corrected chi connectivity index (χ2v) is 9.03. The predicted octanol–water partition coefficient (Wildman–Crippen LogP) is 2.62. The van der Waals surface area contributed by atoms with Crippen molar-refractivity contribution in [3.63, 3.8) is 0 Å². The Morgan fingerprint density at radius 2 is 2.07 bits per heavy atom. The largest absolute Gasteiger partial charge is 0.496 e. The van der Waals surface area contributed by atoms with Crippen molar-refractivity contribution in [2.24, 2.45) is 4.99 Å². The molecule has 29 heavy (non-hydrogen) atoms. The molecule has 0 amide bonds. The van der Waals surface area contributed by atoms with E-state index in [-0.39, 0.29) is 11.3 Å². The maximum absolute atomic E-state index is 12.2. The highest BCUT2D eigenvalue weighted by Gasteiger charge is 2.26. The summed E-state index contributed by atoms with van der Waals surface area (Å²) in [5.41, 5.74) is 1.32. The third-order valence-electron chi connectivity index (χ3n) is 5.06. The number of methoxy groups -OCH3 is 2. The molecular weight excluding hydrogens is 390 g/mol. The summed E-state index contributed by atoms with van der Waals surface area (Å²) in [7, 11) is 2.13. The van der Waals surface area contributed by atoms with E-state index in [1.165, 1.54) is 14.2 Å². The van der Waals surface area contributed by atoms with Crippen LogP contribution < -0.4 is 15.4 Å². The van der Waals surface area contributed by atoms with Gasteiger partial charge >= 0.3 is 5.97 Å². The molecule has 162 valence electrons. The van der Waals surface area contributed by atoms with Crippen LogP contribution >= 0.6 is 0 Å². The Hall–Kier alpha value is -2.09. The van der Waals surface area contributed by atoms with Gasteiger partial charge in [0.25, 0.3) is 0 Å². The first-order valence-corrected chi connectivity index (χ1v) is 11.6. The number of aliphatic imine (C=N–C) groups is 1. The number of esters is 1. The first-order valence-electron chi connectivity index (χ1n) is 10.2.